The zero-order chi connectivity index (χ0) is 18.0. The SMILES string of the molecule is CC(C)(C)OC(=O)NCCCNC(=O)CCOc1ccc(N)cc1. The van der Waals surface area contributed by atoms with Gasteiger partial charge in [-0.15, -0.1) is 0 Å². The molecule has 0 spiro atoms. The van der Waals surface area contributed by atoms with Crippen LogP contribution in [0.3, 0.4) is 0 Å². The molecule has 0 heterocycles. The number of amides is 2. The summed E-state index contributed by atoms with van der Waals surface area (Å²) in [5, 5.41) is 5.40. The summed E-state index contributed by atoms with van der Waals surface area (Å²) in [6, 6.07) is 7.01. The summed E-state index contributed by atoms with van der Waals surface area (Å²) in [5.74, 6) is 0.585. The van der Waals surface area contributed by atoms with Crippen molar-refractivity contribution in [3.8, 4) is 5.75 Å². The Bertz CT molecular complexity index is 524. The van der Waals surface area contributed by atoms with Crippen molar-refractivity contribution in [3.05, 3.63) is 24.3 Å². The molecule has 7 nitrogen and oxygen atoms in total. The lowest BCUT2D eigenvalue weighted by Gasteiger charge is -2.19. The summed E-state index contributed by atoms with van der Waals surface area (Å²) in [6.07, 6.45) is 0.443. The third-order valence-corrected chi connectivity index (χ3v) is 2.82. The Labute approximate surface area is 142 Å². The van der Waals surface area contributed by atoms with E-state index in [-0.39, 0.29) is 12.3 Å². The first-order chi connectivity index (χ1) is 11.3. The van der Waals surface area contributed by atoms with Crippen molar-refractivity contribution in [1.29, 1.82) is 0 Å². The molecule has 0 saturated heterocycles. The molecule has 0 atom stereocenters. The Morgan fingerprint density at radius 1 is 1.08 bits per heavy atom. The third kappa shape index (κ3) is 9.55. The van der Waals surface area contributed by atoms with Crippen LogP contribution in [0.15, 0.2) is 24.3 Å². The molecule has 2 amide bonds. The Hall–Kier alpha value is -2.44. The van der Waals surface area contributed by atoms with Gasteiger partial charge in [-0.25, -0.2) is 4.79 Å². The summed E-state index contributed by atoms with van der Waals surface area (Å²) in [7, 11) is 0. The minimum Gasteiger partial charge on any atom is -0.493 e. The van der Waals surface area contributed by atoms with Crippen LogP contribution in [0.5, 0.6) is 5.75 Å². The molecule has 7 heteroatoms. The van der Waals surface area contributed by atoms with Crippen LogP contribution in [-0.2, 0) is 9.53 Å². The number of nitrogens with two attached hydrogens (primary N) is 1. The van der Waals surface area contributed by atoms with Crippen molar-refractivity contribution in [2.24, 2.45) is 0 Å². The molecule has 4 N–H and O–H groups in total. The van der Waals surface area contributed by atoms with Gasteiger partial charge in [0.1, 0.15) is 11.4 Å². The van der Waals surface area contributed by atoms with Crippen LogP contribution in [0, 0.1) is 0 Å². The maximum Gasteiger partial charge on any atom is 0.407 e. The standard InChI is InChI=1S/C17H27N3O4/c1-17(2,3)24-16(22)20-11-4-10-19-15(21)9-12-23-14-7-5-13(18)6-8-14/h5-8H,4,9-12,18H2,1-3H3,(H,19,21)(H,20,22). The van der Waals surface area contributed by atoms with Crippen LogP contribution in [0.2, 0.25) is 0 Å². The lowest BCUT2D eigenvalue weighted by Crippen LogP contribution is -2.34. The van der Waals surface area contributed by atoms with Crippen LogP contribution in [0.1, 0.15) is 33.6 Å². The number of ether oxygens (including phenoxy) is 2. The second-order valence-electron chi connectivity index (χ2n) is 6.30. The van der Waals surface area contributed by atoms with Gasteiger partial charge >= 0.3 is 6.09 Å². The smallest absolute Gasteiger partial charge is 0.407 e. The minimum atomic E-state index is -0.511. The quantitative estimate of drug-likeness (QED) is 0.498. The second kappa shape index (κ2) is 9.64. The van der Waals surface area contributed by atoms with Gasteiger partial charge in [0.2, 0.25) is 5.91 Å². The number of nitrogen functional groups attached to an aromatic ring is 1. The number of hydrogen-bond acceptors (Lipinski definition) is 5. The fourth-order valence-electron chi connectivity index (χ4n) is 1.73. The number of alkyl carbamates (subject to hydrolysis) is 1. The Balaban J connectivity index is 2.04. The summed E-state index contributed by atoms with van der Waals surface area (Å²) in [4.78, 5) is 23.1. The van der Waals surface area contributed by atoms with Gasteiger partial charge in [-0.05, 0) is 51.5 Å². The van der Waals surface area contributed by atoms with Crippen molar-refractivity contribution in [2.45, 2.75) is 39.2 Å². The number of benzene rings is 1. The van der Waals surface area contributed by atoms with Gasteiger partial charge < -0.3 is 25.8 Å². The number of rotatable bonds is 8. The number of anilines is 1. The van der Waals surface area contributed by atoms with Crippen LogP contribution < -0.4 is 21.1 Å². The van der Waals surface area contributed by atoms with Crippen LogP contribution >= 0.6 is 0 Å². The maximum absolute atomic E-state index is 11.6. The summed E-state index contributed by atoms with van der Waals surface area (Å²) < 4.78 is 10.6. The number of hydrogen-bond donors (Lipinski definition) is 3. The highest BCUT2D eigenvalue weighted by Crippen LogP contribution is 2.13. The summed E-state index contributed by atoms with van der Waals surface area (Å²) in [5.41, 5.74) is 5.73. The normalized spacial score (nSPS) is 10.8. The first-order valence-electron chi connectivity index (χ1n) is 7.98. The largest absolute Gasteiger partial charge is 0.493 e. The number of nitrogens with one attached hydrogen (secondary N) is 2. The van der Waals surface area contributed by atoms with Crippen LogP contribution in [-0.4, -0.2) is 37.3 Å². The van der Waals surface area contributed by atoms with Crippen molar-refractivity contribution in [1.82, 2.24) is 10.6 Å². The van der Waals surface area contributed by atoms with E-state index in [4.69, 9.17) is 15.2 Å². The fraction of sp³-hybridized carbons (Fsp3) is 0.529. The van der Waals surface area contributed by atoms with Crippen molar-refractivity contribution in [3.63, 3.8) is 0 Å². The van der Waals surface area contributed by atoms with Gasteiger partial charge in [-0.1, -0.05) is 0 Å². The minimum absolute atomic E-state index is 0.0947. The Morgan fingerprint density at radius 3 is 2.33 bits per heavy atom. The van der Waals surface area contributed by atoms with E-state index in [0.29, 0.717) is 37.6 Å². The van der Waals surface area contributed by atoms with Crippen molar-refractivity contribution < 1.29 is 19.1 Å². The molecule has 0 saturated carbocycles. The van der Waals surface area contributed by atoms with E-state index in [9.17, 15) is 9.59 Å². The number of carbonyl (C=O) groups is 2. The van der Waals surface area contributed by atoms with Gasteiger partial charge in [-0.3, -0.25) is 4.79 Å². The molecule has 0 radical (unpaired) electrons. The van der Waals surface area contributed by atoms with Crippen molar-refractivity contribution >= 4 is 17.7 Å². The molecule has 0 aliphatic rings. The average Bonchev–Trinajstić information content (AvgIpc) is 2.47. The molecule has 0 aliphatic carbocycles. The summed E-state index contributed by atoms with van der Waals surface area (Å²) >= 11 is 0. The van der Waals surface area contributed by atoms with E-state index in [0.717, 1.165) is 0 Å². The van der Waals surface area contributed by atoms with E-state index < -0.39 is 11.7 Å². The van der Waals surface area contributed by atoms with Crippen molar-refractivity contribution in [2.75, 3.05) is 25.4 Å². The molecular weight excluding hydrogens is 310 g/mol. The van der Waals surface area contributed by atoms with Gasteiger partial charge in [0.05, 0.1) is 13.0 Å². The highest BCUT2D eigenvalue weighted by atomic mass is 16.6. The number of carbonyl (C=O) groups excluding carboxylic acids is 2. The first-order valence-corrected chi connectivity index (χ1v) is 7.98. The highest BCUT2D eigenvalue weighted by molar-refractivity contribution is 5.75. The molecule has 24 heavy (non-hydrogen) atoms. The molecule has 134 valence electrons. The van der Waals surface area contributed by atoms with E-state index in [1.807, 2.05) is 0 Å². The summed E-state index contributed by atoms with van der Waals surface area (Å²) in [6.45, 7) is 6.64. The van der Waals surface area contributed by atoms with Gasteiger partial charge in [-0.2, -0.15) is 0 Å². The molecule has 0 aromatic heterocycles. The third-order valence-electron chi connectivity index (χ3n) is 2.82. The van der Waals surface area contributed by atoms with E-state index in [2.05, 4.69) is 10.6 Å². The molecule has 1 aromatic carbocycles. The molecule has 0 unspecified atom stereocenters. The molecular formula is C17H27N3O4. The zero-order valence-electron chi connectivity index (χ0n) is 14.6. The maximum atomic E-state index is 11.6. The molecule has 1 aromatic rings. The molecule has 0 aliphatic heterocycles. The second-order valence-corrected chi connectivity index (χ2v) is 6.30. The lowest BCUT2D eigenvalue weighted by atomic mass is 10.2. The lowest BCUT2D eigenvalue weighted by molar-refractivity contribution is -0.121. The van der Waals surface area contributed by atoms with E-state index in [1.165, 1.54) is 0 Å². The molecule has 1 rings (SSSR count). The van der Waals surface area contributed by atoms with Gasteiger partial charge in [0.15, 0.2) is 0 Å². The zero-order valence-corrected chi connectivity index (χ0v) is 14.6. The monoisotopic (exact) mass is 337 g/mol. The predicted molar refractivity (Wildman–Crippen MR) is 92.8 cm³/mol. The fourth-order valence-corrected chi connectivity index (χ4v) is 1.73. The molecule has 0 fully saturated rings. The Kier molecular flexibility index (Phi) is 7.88. The van der Waals surface area contributed by atoms with Crippen LogP contribution in [0.25, 0.3) is 0 Å². The van der Waals surface area contributed by atoms with E-state index in [1.54, 1.807) is 45.0 Å². The van der Waals surface area contributed by atoms with Crippen LogP contribution in [0.4, 0.5) is 10.5 Å². The van der Waals surface area contributed by atoms with Gasteiger partial charge in [0, 0.05) is 18.8 Å². The average molecular weight is 337 g/mol. The topological polar surface area (TPSA) is 103 Å². The Morgan fingerprint density at radius 2 is 1.71 bits per heavy atom. The van der Waals surface area contributed by atoms with Gasteiger partial charge in [0.25, 0.3) is 0 Å². The van der Waals surface area contributed by atoms with E-state index >= 15 is 0 Å². The predicted octanol–water partition coefficient (Wildman–Crippen LogP) is 2.07. The highest BCUT2D eigenvalue weighted by Gasteiger charge is 2.15. The first kappa shape index (κ1) is 19.6. The molecule has 0 bridgehead atoms.